The van der Waals surface area contributed by atoms with Crippen LogP contribution in [0.4, 0.5) is 5.82 Å². The van der Waals surface area contributed by atoms with Crippen molar-refractivity contribution >= 4 is 16.6 Å². The topological polar surface area (TPSA) is 64.9 Å². The second kappa shape index (κ2) is 3.76. The Morgan fingerprint density at radius 3 is 2.44 bits per heavy atom. The van der Waals surface area contributed by atoms with E-state index >= 15 is 0 Å². The Morgan fingerprint density at radius 1 is 1.12 bits per heavy atom. The number of nitrogen functional groups attached to an aromatic ring is 1. The number of nitrogens with zero attached hydrogens (tertiary/aromatic N) is 1. The molecule has 0 amide bonds. The van der Waals surface area contributed by atoms with Gasteiger partial charge >= 0.3 is 0 Å². The van der Waals surface area contributed by atoms with Crippen LogP contribution in [0.1, 0.15) is 22.3 Å². The number of benzene rings is 1. The van der Waals surface area contributed by atoms with Crippen LogP contribution in [-0.4, -0.2) is 4.98 Å². The van der Waals surface area contributed by atoms with Crippen molar-refractivity contribution < 1.29 is 0 Å². The van der Waals surface area contributed by atoms with Crippen molar-refractivity contribution in [1.29, 1.82) is 0 Å². The zero-order valence-electron chi connectivity index (χ0n) is 9.96. The van der Waals surface area contributed by atoms with Gasteiger partial charge in [0.2, 0.25) is 0 Å². The van der Waals surface area contributed by atoms with Crippen molar-refractivity contribution in [3.63, 3.8) is 0 Å². The maximum absolute atomic E-state index is 5.94. The van der Waals surface area contributed by atoms with Gasteiger partial charge in [0.15, 0.2) is 0 Å². The van der Waals surface area contributed by atoms with Gasteiger partial charge in [-0.25, -0.2) is 4.98 Å². The van der Waals surface area contributed by atoms with Crippen LogP contribution in [0, 0.1) is 20.8 Å². The van der Waals surface area contributed by atoms with Gasteiger partial charge in [-0.15, -0.1) is 0 Å². The number of pyridine rings is 1. The molecular formula is C13H17N3. The SMILES string of the molecule is Cc1c(CN)c(C)c2ccnc(N)c2c1C. The number of rotatable bonds is 1. The van der Waals surface area contributed by atoms with E-state index in [2.05, 4.69) is 25.8 Å². The average Bonchev–Trinajstić information content (AvgIpc) is 2.27. The van der Waals surface area contributed by atoms with Crippen LogP contribution in [0.15, 0.2) is 12.3 Å². The van der Waals surface area contributed by atoms with Gasteiger partial charge in [0.1, 0.15) is 5.82 Å². The molecule has 0 aliphatic carbocycles. The van der Waals surface area contributed by atoms with Crippen molar-refractivity contribution in [3.05, 3.63) is 34.5 Å². The summed E-state index contributed by atoms with van der Waals surface area (Å²) in [6.07, 6.45) is 1.75. The molecule has 3 nitrogen and oxygen atoms in total. The third-order valence-corrected chi connectivity index (χ3v) is 3.43. The molecule has 0 saturated carbocycles. The third kappa shape index (κ3) is 1.36. The Balaban J connectivity index is 3.02. The molecule has 3 heteroatoms. The third-order valence-electron chi connectivity index (χ3n) is 3.43. The van der Waals surface area contributed by atoms with Crippen LogP contribution < -0.4 is 11.5 Å². The molecule has 0 unspecified atom stereocenters. The molecule has 0 atom stereocenters. The molecule has 0 aliphatic rings. The van der Waals surface area contributed by atoms with Gasteiger partial charge in [-0.3, -0.25) is 0 Å². The molecule has 2 rings (SSSR count). The highest BCUT2D eigenvalue weighted by molar-refractivity contribution is 5.97. The zero-order valence-corrected chi connectivity index (χ0v) is 9.96. The summed E-state index contributed by atoms with van der Waals surface area (Å²) < 4.78 is 0. The normalized spacial score (nSPS) is 11.0. The number of nitrogens with two attached hydrogens (primary N) is 2. The van der Waals surface area contributed by atoms with E-state index in [0.29, 0.717) is 12.4 Å². The van der Waals surface area contributed by atoms with Gasteiger partial charge in [-0.1, -0.05) is 0 Å². The predicted molar refractivity (Wildman–Crippen MR) is 68.3 cm³/mol. The van der Waals surface area contributed by atoms with E-state index < -0.39 is 0 Å². The standard InChI is InChI=1S/C13H17N3/c1-7-8(2)12-10(4-5-16-13(12)15)9(3)11(7)6-14/h4-5H,6,14H2,1-3H3,(H2,15,16). The molecule has 1 heterocycles. The Kier molecular flexibility index (Phi) is 2.56. The molecule has 1 aromatic heterocycles. The van der Waals surface area contributed by atoms with Crippen molar-refractivity contribution in [1.82, 2.24) is 4.98 Å². The van der Waals surface area contributed by atoms with Crippen LogP contribution in [-0.2, 0) is 6.54 Å². The summed E-state index contributed by atoms with van der Waals surface area (Å²) in [7, 11) is 0. The number of aromatic nitrogens is 1. The molecule has 84 valence electrons. The molecule has 2 aromatic rings. The predicted octanol–water partition coefficient (Wildman–Crippen LogP) is 2.20. The van der Waals surface area contributed by atoms with E-state index in [0.717, 1.165) is 10.8 Å². The molecule has 0 aliphatic heterocycles. The second-order valence-electron chi connectivity index (χ2n) is 4.18. The molecule has 0 bridgehead atoms. The highest BCUT2D eigenvalue weighted by Gasteiger charge is 2.12. The number of anilines is 1. The van der Waals surface area contributed by atoms with Gasteiger partial charge in [-0.05, 0) is 54.5 Å². The molecule has 0 saturated heterocycles. The first kappa shape index (κ1) is 10.9. The van der Waals surface area contributed by atoms with Gasteiger partial charge < -0.3 is 11.5 Å². The van der Waals surface area contributed by atoms with E-state index in [-0.39, 0.29) is 0 Å². The highest BCUT2D eigenvalue weighted by atomic mass is 14.8. The summed E-state index contributed by atoms with van der Waals surface area (Å²) in [6, 6.07) is 2.01. The average molecular weight is 215 g/mol. The lowest BCUT2D eigenvalue weighted by Gasteiger charge is -2.16. The second-order valence-corrected chi connectivity index (χ2v) is 4.18. The summed E-state index contributed by atoms with van der Waals surface area (Å²) in [6.45, 7) is 6.83. The Morgan fingerprint density at radius 2 is 1.81 bits per heavy atom. The number of fused-ring (bicyclic) bond motifs is 1. The van der Waals surface area contributed by atoms with E-state index in [1.54, 1.807) is 6.20 Å². The van der Waals surface area contributed by atoms with Crippen molar-refractivity contribution in [2.45, 2.75) is 27.3 Å². The lowest BCUT2D eigenvalue weighted by atomic mass is 9.91. The maximum Gasteiger partial charge on any atom is 0.131 e. The van der Waals surface area contributed by atoms with Crippen LogP contribution >= 0.6 is 0 Å². The fourth-order valence-corrected chi connectivity index (χ4v) is 2.35. The minimum Gasteiger partial charge on any atom is -0.383 e. The summed E-state index contributed by atoms with van der Waals surface area (Å²) in [4.78, 5) is 4.15. The monoisotopic (exact) mass is 215 g/mol. The molecule has 0 spiro atoms. The van der Waals surface area contributed by atoms with E-state index in [1.807, 2.05) is 6.07 Å². The maximum atomic E-state index is 5.94. The molecule has 16 heavy (non-hydrogen) atoms. The largest absolute Gasteiger partial charge is 0.383 e. The Labute approximate surface area is 95.5 Å². The molecule has 0 radical (unpaired) electrons. The summed E-state index contributed by atoms with van der Waals surface area (Å²) >= 11 is 0. The quantitative estimate of drug-likeness (QED) is 0.766. The number of hydrogen-bond donors (Lipinski definition) is 2. The van der Waals surface area contributed by atoms with Gasteiger partial charge in [0.25, 0.3) is 0 Å². The lowest BCUT2D eigenvalue weighted by Crippen LogP contribution is -2.06. The first-order valence-corrected chi connectivity index (χ1v) is 5.40. The summed E-state index contributed by atoms with van der Waals surface area (Å²) in [5.41, 5.74) is 16.6. The summed E-state index contributed by atoms with van der Waals surface area (Å²) in [5.74, 6) is 0.602. The van der Waals surface area contributed by atoms with Gasteiger partial charge in [0.05, 0.1) is 0 Å². The minimum absolute atomic E-state index is 0.566. The van der Waals surface area contributed by atoms with E-state index in [4.69, 9.17) is 11.5 Å². The first-order valence-electron chi connectivity index (χ1n) is 5.40. The fraction of sp³-hybridized carbons (Fsp3) is 0.308. The number of hydrogen-bond acceptors (Lipinski definition) is 3. The van der Waals surface area contributed by atoms with Gasteiger partial charge in [0, 0.05) is 18.1 Å². The van der Waals surface area contributed by atoms with Crippen molar-refractivity contribution in [3.8, 4) is 0 Å². The highest BCUT2D eigenvalue weighted by Crippen LogP contribution is 2.31. The molecule has 0 fully saturated rings. The Hall–Kier alpha value is -1.61. The van der Waals surface area contributed by atoms with Crippen LogP contribution in [0.2, 0.25) is 0 Å². The zero-order chi connectivity index (χ0) is 11.9. The van der Waals surface area contributed by atoms with Gasteiger partial charge in [-0.2, -0.15) is 0 Å². The fourth-order valence-electron chi connectivity index (χ4n) is 2.35. The van der Waals surface area contributed by atoms with Crippen molar-refractivity contribution in [2.24, 2.45) is 5.73 Å². The molecule has 4 N–H and O–H groups in total. The van der Waals surface area contributed by atoms with E-state index in [9.17, 15) is 0 Å². The molecule has 1 aromatic carbocycles. The van der Waals surface area contributed by atoms with Crippen molar-refractivity contribution in [2.75, 3.05) is 5.73 Å². The summed E-state index contributed by atoms with van der Waals surface area (Å²) in [5, 5.41) is 2.23. The first-order chi connectivity index (χ1) is 7.57. The lowest BCUT2D eigenvalue weighted by molar-refractivity contribution is 1.03. The van der Waals surface area contributed by atoms with Crippen LogP contribution in [0.3, 0.4) is 0 Å². The smallest absolute Gasteiger partial charge is 0.131 e. The van der Waals surface area contributed by atoms with E-state index in [1.165, 1.54) is 22.3 Å². The minimum atomic E-state index is 0.566. The van der Waals surface area contributed by atoms with Crippen LogP contribution in [0.5, 0.6) is 0 Å². The number of aryl methyl sites for hydroxylation is 2. The molecular weight excluding hydrogens is 198 g/mol. The Bertz CT molecular complexity index is 559. The van der Waals surface area contributed by atoms with Crippen LogP contribution in [0.25, 0.3) is 10.8 Å².